The molecule has 0 aliphatic carbocycles. The normalized spacial score (nSPS) is 21.8. The number of sulfone groups is 1. The molecule has 24 heavy (non-hydrogen) atoms. The van der Waals surface area contributed by atoms with Gasteiger partial charge in [0.25, 0.3) is 0 Å². The number of carbonyl (C=O) groups excluding carboxylic acids is 1. The summed E-state index contributed by atoms with van der Waals surface area (Å²) >= 11 is 0. The van der Waals surface area contributed by atoms with E-state index in [1.807, 2.05) is 20.8 Å². The van der Waals surface area contributed by atoms with E-state index in [-0.39, 0.29) is 18.0 Å². The van der Waals surface area contributed by atoms with Crippen molar-refractivity contribution in [2.75, 3.05) is 13.2 Å². The Hall–Kier alpha value is -1.82. The molecule has 2 rings (SSSR count). The highest BCUT2D eigenvalue weighted by Crippen LogP contribution is 2.40. The van der Waals surface area contributed by atoms with E-state index >= 15 is 0 Å². The van der Waals surface area contributed by atoms with Crippen LogP contribution in [0.5, 0.6) is 0 Å². The molecule has 1 aromatic rings. The number of rotatable bonds is 3. The van der Waals surface area contributed by atoms with Crippen LogP contribution in [0.2, 0.25) is 0 Å². The zero-order valence-corrected chi connectivity index (χ0v) is 15.5. The van der Waals surface area contributed by atoms with Gasteiger partial charge in [0.15, 0.2) is 9.84 Å². The lowest BCUT2D eigenvalue weighted by molar-refractivity contribution is 0.0793. The minimum atomic E-state index is -3.65. The summed E-state index contributed by atoms with van der Waals surface area (Å²) < 4.78 is 31.5. The molecule has 1 amide bonds. The van der Waals surface area contributed by atoms with Crippen molar-refractivity contribution >= 4 is 15.9 Å². The molecule has 0 saturated carbocycles. The van der Waals surface area contributed by atoms with E-state index in [0.29, 0.717) is 5.57 Å². The summed E-state index contributed by atoms with van der Waals surface area (Å²) in [6.45, 7) is 11.9. The van der Waals surface area contributed by atoms with E-state index in [0.717, 1.165) is 0 Å². The van der Waals surface area contributed by atoms with E-state index < -0.39 is 32.6 Å². The standard InChI is InChI=1S/C18H25NO4S/c1-6-23-17(20)19-12-13(2)15(16(19)18(3,4)5)24(21,22)14-10-8-7-9-11-14/h7-11,15-16H,2,6,12H2,1,3-5H3/t15-,16-/m0/s1. The van der Waals surface area contributed by atoms with Gasteiger partial charge in [0.1, 0.15) is 5.25 Å². The predicted molar refractivity (Wildman–Crippen MR) is 93.5 cm³/mol. The van der Waals surface area contributed by atoms with E-state index in [2.05, 4.69) is 6.58 Å². The first kappa shape index (κ1) is 18.5. The molecule has 0 N–H and O–H groups in total. The Bertz CT molecular complexity index is 719. The maximum atomic E-state index is 13.2. The molecule has 0 radical (unpaired) electrons. The van der Waals surface area contributed by atoms with Crippen molar-refractivity contribution in [1.82, 2.24) is 4.90 Å². The fourth-order valence-corrected chi connectivity index (χ4v) is 5.48. The van der Waals surface area contributed by atoms with Crippen LogP contribution in [0.25, 0.3) is 0 Å². The largest absolute Gasteiger partial charge is 0.450 e. The van der Waals surface area contributed by atoms with Gasteiger partial charge in [-0.3, -0.25) is 4.90 Å². The number of hydrogen-bond donors (Lipinski definition) is 0. The van der Waals surface area contributed by atoms with Gasteiger partial charge in [-0.2, -0.15) is 0 Å². The van der Waals surface area contributed by atoms with Crippen LogP contribution >= 0.6 is 0 Å². The second-order valence-corrected chi connectivity index (χ2v) is 9.14. The van der Waals surface area contributed by atoms with Crippen molar-refractivity contribution in [2.45, 2.75) is 43.9 Å². The van der Waals surface area contributed by atoms with Crippen LogP contribution < -0.4 is 0 Å². The minimum Gasteiger partial charge on any atom is -0.450 e. The fraction of sp³-hybridized carbons (Fsp3) is 0.500. The first-order valence-electron chi connectivity index (χ1n) is 8.00. The number of nitrogens with zero attached hydrogens (tertiary/aromatic N) is 1. The number of likely N-dealkylation sites (tertiary alicyclic amines) is 1. The van der Waals surface area contributed by atoms with Crippen LogP contribution in [0.1, 0.15) is 27.7 Å². The fourth-order valence-electron chi connectivity index (χ4n) is 3.25. The summed E-state index contributed by atoms with van der Waals surface area (Å²) in [4.78, 5) is 14.1. The summed E-state index contributed by atoms with van der Waals surface area (Å²) in [5.41, 5.74) is 0.0745. The van der Waals surface area contributed by atoms with Crippen LogP contribution in [0.15, 0.2) is 47.4 Å². The lowest BCUT2D eigenvalue weighted by Gasteiger charge is -2.37. The lowest BCUT2D eigenvalue weighted by Crippen LogP contribution is -2.50. The number of ether oxygens (including phenoxy) is 1. The zero-order valence-electron chi connectivity index (χ0n) is 14.7. The topological polar surface area (TPSA) is 63.7 Å². The van der Waals surface area contributed by atoms with Crippen LogP contribution in [0.3, 0.4) is 0 Å². The molecule has 0 aromatic heterocycles. The Labute approximate surface area is 144 Å². The number of benzene rings is 1. The summed E-state index contributed by atoms with van der Waals surface area (Å²) in [5.74, 6) is 0. The SMILES string of the molecule is C=C1CN(C(=O)OCC)[C@H](C(C)(C)C)[C@H]1S(=O)(=O)c1ccccc1. The average Bonchev–Trinajstić information content (AvgIpc) is 2.87. The molecular formula is C18H25NO4S. The van der Waals surface area contributed by atoms with Gasteiger partial charge in [-0.05, 0) is 30.0 Å². The first-order valence-corrected chi connectivity index (χ1v) is 9.55. The van der Waals surface area contributed by atoms with Crippen LogP contribution in [0, 0.1) is 5.41 Å². The van der Waals surface area contributed by atoms with Gasteiger partial charge in [0.2, 0.25) is 0 Å². The van der Waals surface area contributed by atoms with Crippen LogP contribution in [-0.2, 0) is 14.6 Å². The number of amides is 1. The Morgan fingerprint density at radius 2 is 1.88 bits per heavy atom. The van der Waals surface area contributed by atoms with Gasteiger partial charge in [-0.15, -0.1) is 0 Å². The smallest absolute Gasteiger partial charge is 0.410 e. The molecule has 1 aliphatic rings. The van der Waals surface area contributed by atoms with Gasteiger partial charge in [-0.1, -0.05) is 45.5 Å². The van der Waals surface area contributed by atoms with Crippen molar-refractivity contribution in [1.29, 1.82) is 0 Å². The summed E-state index contributed by atoms with van der Waals surface area (Å²) in [6.07, 6.45) is -0.496. The first-order chi connectivity index (χ1) is 11.1. The number of hydrogen-bond acceptors (Lipinski definition) is 4. The molecule has 1 fully saturated rings. The second kappa shape index (κ2) is 6.59. The molecule has 1 aromatic carbocycles. The molecule has 0 spiro atoms. The highest BCUT2D eigenvalue weighted by molar-refractivity contribution is 7.92. The molecule has 6 heteroatoms. The summed E-state index contributed by atoms with van der Waals surface area (Å²) in [5, 5.41) is -0.843. The van der Waals surface area contributed by atoms with Crippen molar-refractivity contribution in [3.63, 3.8) is 0 Å². The molecule has 1 aliphatic heterocycles. The van der Waals surface area contributed by atoms with Gasteiger partial charge in [-0.25, -0.2) is 13.2 Å². The van der Waals surface area contributed by atoms with Gasteiger partial charge in [0.05, 0.1) is 17.5 Å². The minimum absolute atomic E-state index is 0.192. The van der Waals surface area contributed by atoms with Gasteiger partial charge >= 0.3 is 6.09 Å². The Balaban J connectivity index is 2.51. The Morgan fingerprint density at radius 1 is 1.29 bits per heavy atom. The predicted octanol–water partition coefficient (Wildman–Crippen LogP) is 3.27. The van der Waals surface area contributed by atoms with Crippen LogP contribution in [-0.4, -0.2) is 43.9 Å². The third kappa shape index (κ3) is 3.34. The Morgan fingerprint density at radius 3 is 2.38 bits per heavy atom. The molecule has 5 nitrogen and oxygen atoms in total. The third-order valence-electron chi connectivity index (χ3n) is 4.19. The lowest BCUT2D eigenvalue weighted by atomic mass is 9.84. The molecule has 1 saturated heterocycles. The quantitative estimate of drug-likeness (QED) is 0.784. The van der Waals surface area contributed by atoms with E-state index in [4.69, 9.17) is 4.74 Å². The zero-order chi connectivity index (χ0) is 18.1. The van der Waals surface area contributed by atoms with E-state index in [1.165, 1.54) is 4.90 Å². The molecule has 0 bridgehead atoms. The van der Waals surface area contributed by atoms with E-state index in [9.17, 15) is 13.2 Å². The summed E-state index contributed by atoms with van der Waals surface area (Å²) in [7, 11) is -3.65. The molecule has 2 atom stereocenters. The van der Waals surface area contributed by atoms with Crippen molar-refractivity contribution in [3.8, 4) is 0 Å². The van der Waals surface area contributed by atoms with Gasteiger partial charge < -0.3 is 4.74 Å². The maximum absolute atomic E-state index is 13.2. The van der Waals surface area contributed by atoms with Gasteiger partial charge in [0, 0.05) is 6.54 Å². The maximum Gasteiger partial charge on any atom is 0.410 e. The van der Waals surface area contributed by atoms with Crippen LogP contribution in [0.4, 0.5) is 4.79 Å². The molecule has 132 valence electrons. The highest BCUT2D eigenvalue weighted by Gasteiger charge is 2.52. The Kier molecular flexibility index (Phi) is 5.08. The van der Waals surface area contributed by atoms with E-state index in [1.54, 1.807) is 37.3 Å². The third-order valence-corrected chi connectivity index (χ3v) is 6.38. The molecule has 0 unspecified atom stereocenters. The monoisotopic (exact) mass is 351 g/mol. The summed E-state index contributed by atoms with van der Waals surface area (Å²) in [6, 6.07) is 7.79. The van der Waals surface area contributed by atoms with Crippen molar-refractivity contribution in [2.24, 2.45) is 5.41 Å². The van der Waals surface area contributed by atoms with Crippen molar-refractivity contribution < 1.29 is 17.9 Å². The molecular weight excluding hydrogens is 326 g/mol. The average molecular weight is 351 g/mol. The number of carbonyl (C=O) groups is 1. The van der Waals surface area contributed by atoms with Crippen molar-refractivity contribution in [3.05, 3.63) is 42.5 Å². The second-order valence-electron chi connectivity index (χ2n) is 7.07. The highest BCUT2D eigenvalue weighted by atomic mass is 32.2. The molecule has 1 heterocycles.